The standard InChI is InChI=1S/2C6H6.H3O4P/c2*1-2-4-6-5-3-1;1-5(2,3)4/h2*1-6H;(H3,1,2,3,4). The van der Waals surface area contributed by atoms with Crippen molar-refractivity contribution in [2.75, 3.05) is 0 Å². The maximum atomic E-state index is 8.88. The van der Waals surface area contributed by atoms with E-state index in [0.29, 0.717) is 0 Å². The molecule has 0 saturated heterocycles. The Labute approximate surface area is 100 Å². The second kappa shape index (κ2) is 9.75. The lowest BCUT2D eigenvalue weighted by atomic mass is 10.4. The predicted octanol–water partition coefficient (Wildman–Crippen LogP) is 2.44. The van der Waals surface area contributed by atoms with Gasteiger partial charge >= 0.3 is 7.82 Å². The van der Waals surface area contributed by atoms with Gasteiger partial charge < -0.3 is 14.7 Å². The van der Waals surface area contributed by atoms with Gasteiger partial charge in [0.2, 0.25) is 0 Å². The molecule has 17 heavy (non-hydrogen) atoms. The molecule has 4 nitrogen and oxygen atoms in total. The summed E-state index contributed by atoms with van der Waals surface area (Å²) in [5.74, 6) is 0. The summed E-state index contributed by atoms with van der Waals surface area (Å²) in [4.78, 5) is 21.6. The molecule has 0 saturated carbocycles. The lowest BCUT2D eigenvalue weighted by Gasteiger charge is -1.82. The van der Waals surface area contributed by atoms with Crippen LogP contribution in [0.25, 0.3) is 0 Å². The number of rotatable bonds is 0. The van der Waals surface area contributed by atoms with Gasteiger partial charge in [0.15, 0.2) is 0 Å². The zero-order chi connectivity index (χ0) is 13.0. The summed E-state index contributed by atoms with van der Waals surface area (Å²) in [6.45, 7) is 0. The summed E-state index contributed by atoms with van der Waals surface area (Å²) in [5, 5.41) is 0. The van der Waals surface area contributed by atoms with E-state index in [1.165, 1.54) is 0 Å². The van der Waals surface area contributed by atoms with Gasteiger partial charge in [-0.25, -0.2) is 4.57 Å². The van der Waals surface area contributed by atoms with E-state index >= 15 is 0 Å². The highest BCUT2D eigenvalue weighted by Gasteiger charge is 2.00. The molecule has 0 fully saturated rings. The summed E-state index contributed by atoms with van der Waals surface area (Å²) in [6, 6.07) is 24.0. The zero-order valence-corrected chi connectivity index (χ0v) is 10.0. The monoisotopic (exact) mass is 254 g/mol. The minimum absolute atomic E-state index is 2.00. The molecule has 2 aromatic rings. The topological polar surface area (TPSA) is 77.8 Å². The number of benzene rings is 2. The Bertz CT molecular complexity index is 306. The van der Waals surface area contributed by atoms with E-state index in [-0.39, 0.29) is 0 Å². The van der Waals surface area contributed by atoms with E-state index in [1.54, 1.807) is 0 Å². The molecule has 0 aliphatic heterocycles. The molecule has 92 valence electrons. The van der Waals surface area contributed by atoms with E-state index in [4.69, 9.17) is 19.2 Å². The van der Waals surface area contributed by atoms with Crippen LogP contribution in [0.2, 0.25) is 0 Å². The molecule has 2 aromatic carbocycles. The van der Waals surface area contributed by atoms with Crippen LogP contribution >= 0.6 is 7.82 Å². The first-order valence-corrected chi connectivity index (χ1v) is 6.35. The highest BCUT2D eigenvalue weighted by Crippen LogP contribution is 2.25. The zero-order valence-electron chi connectivity index (χ0n) is 9.13. The molecule has 5 heteroatoms. The summed E-state index contributed by atoms with van der Waals surface area (Å²) < 4.78 is 8.88. The normalized spacial score (nSPS) is 9.12. The van der Waals surface area contributed by atoms with Gasteiger partial charge in [-0.1, -0.05) is 72.8 Å². The fraction of sp³-hybridized carbons (Fsp3) is 0. The third kappa shape index (κ3) is 20.6. The van der Waals surface area contributed by atoms with Crippen LogP contribution in [0.3, 0.4) is 0 Å². The van der Waals surface area contributed by atoms with E-state index in [9.17, 15) is 0 Å². The Balaban J connectivity index is 0.000000228. The van der Waals surface area contributed by atoms with Crippen molar-refractivity contribution >= 4 is 7.82 Å². The molecule has 0 unspecified atom stereocenters. The number of hydrogen-bond donors (Lipinski definition) is 3. The maximum Gasteiger partial charge on any atom is 0.466 e. The molecule has 0 atom stereocenters. The highest BCUT2D eigenvalue weighted by atomic mass is 31.2. The second-order valence-corrected chi connectivity index (χ2v) is 3.85. The predicted molar refractivity (Wildman–Crippen MR) is 67.1 cm³/mol. The Hall–Kier alpha value is -1.45. The largest absolute Gasteiger partial charge is 0.466 e. The van der Waals surface area contributed by atoms with Gasteiger partial charge in [0.1, 0.15) is 0 Å². The second-order valence-electron chi connectivity index (χ2n) is 2.82. The Morgan fingerprint density at radius 2 is 0.529 bits per heavy atom. The number of hydrogen-bond acceptors (Lipinski definition) is 1. The molecule has 0 heterocycles. The Kier molecular flexibility index (Phi) is 8.92. The van der Waals surface area contributed by atoms with Crippen LogP contribution < -0.4 is 0 Å². The average Bonchev–Trinajstić information content (AvgIpc) is 2.32. The Morgan fingerprint density at radius 3 is 0.588 bits per heavy atom. The quantitative estimate of drug-likeness (QED) is 0.631. The van der Waals surface area contributed by atoms with Crippen molar-refractivity contribution < 1.29 is 19.2 Å². The van der Waals surface area contributed by atoms with E-state index < -0.39 is 7.82 Å². The molecule has 2 rings (SSSR count). The van der Waals surface area contributed by atoms with Gasteiger partial charge in [0, 0.05) is 0 Å². The van der Waals surface area contributed by atoms with Crippen LogP contribution in [0, 0.1) is 0 Å². The average molecular weight is 254 g/mol. The van der Waals surface area contributed by atoms with Crippen LogP contribution in [0.15, 0.2) is 72.8 Å². The molecule has 3 N–H and O–H groups in total. The molecule has 0 aliphatic rings. The van der Waals surface area contributed by atoms with Crippen molar-refractivity contribution in [2.24, 2.45) is 0 Å². The number of phosphoric acid groups is 1. The molecular weight excluding hydrogens is 239 g/mol. The van der Waals surface area contributed by atoms with Crippen molar-refractivity contribution in [3.8, 4) is 0 Å². The van der Waals surface area contributed by atoms with Crippen molar-refractivity contribution in [2.45, 2.75) is 0 Å². The van der Waals surface area contributed by atoms with Gasteiger partial charge in [0.25, 0.3) is 0 Å². The van der Waals surface area contributed by atoms with E-state index in [0.717, 1.165) is 0 Å². The van der Waals surface area contributed by atoms with Gasteiger partial charge in [-0.3, -0.25) is 0 Å². The fourth-order valence-electron chi connectivity index (χ4n) is 0.770. The molecular formula is C12H15O4P. The first-order chi connectivity index (χ1) is 8.00. The van der Waals surface area contributed by atoms with Gasteiger partial charge in [-0.2, -0.15) is 0 Å². The van der Waals surface area contributed by atoms with Gasteiger partial charge in [-0.15, -0.1) is 0 Å². The third-order valence-corrected chi connectivity index (χ3v) is 1.33. The van der Waals surface area contributed by atoms with Gasteiger partial charge in [-0.05, 0) is 0 Å². The van der Waals surface area contributed by atoms with Crippen LogP contribution in [0.5, 0.6) is 0 Å². The molecule has 0 spiro atoms. The van der Waals surface area contributed by atoms with Crippen LogP contribution in [0.1, 0.15) is 0 Å². The lowest BCUT2D eigenvalue weighted by molar-refractivity contribution is 0.275. The molecule has 0 aromatic heterocycles. The fourth-order valence-corrected chi connectivity index (χ4v) is 0.770. The van der Waals surface area contributed by atoms with E-state index in [2.05, 4.69) is 0 Å². The first kappa shape index (κ1) is 15.6. The minimum Gasteiger partial charge on any atom is -0.303 e. The van der Waals surface area contributed by atoms with Crippen molar-refractivity contribution in [1.29, 1.82) is 0 Å². The molecule has 0 radical (unpaired) electrons. The van der Waals surface area contributed by atoms with Gasteiger partial charge in [0.05, 0.1) is 0 Å². The van der Waals surface area contributed by atoms with Crippen LogP contribution in [0.4, 0.5) is 0 Å². The smallest absolute Gasteiger partial charge is 0.303 e. The Morgan fingerprint density at radius 1 is 0.471 bits per heavy atom. The first-order valence-electron chi connectivity index (χ1n) is 4.78. The van der Waals surface area contributed by atoms with Crippen LogP contribution in [-0.4, -0.2) is 14.7 Å². The molecule has 0 bridgehead atoms. The third-order valence-electron chi connectivity index (χ3n) is 1.33. The van der Waals surface area contributed by atoms with Crippen molar-refractivity contribution in [3.63, 3.8) is 0 Å². The van der Waals surface area contributed by atoms with E-state index in [1.807, 2.05) is 72.8 Å². The maximum absolute atomic E-state index is 8.88. The SMILES string of the molecule is O=P(O)(O)O.c1ccccc1.c1ccccc1. The summed E-state index contributed by atoms with van der Waals surface area (Å²) in [6.07, 6.45) is 0. The molecule has 0 aliphatic carbocycles. The summed E-state index contributed by atoms with van der Waals surface area (Å²) >= 11 is 0. The summed E-state index contributed by atoms with van der Waals surface area (Å²) in [7, 11) is -4.64. The molecule has 0 amide bonds. The van der Waals surface area contributed by atoms with Crippen LogP contribution in [-0.2, 0) is 4.57 Å². The van der Waals surface area contributed by atoms with Crippen molar-refractivity contribution in [3.05, 3.63) is 72.8 Å². The highest BCUT2D eigenvalue weighted by molar-refractivity contribution is 7.45. The van der Waals surface area contributed by atoms with Crippen molar-refractivity contribution in [1.82, 2.24) is 0 Å². The lowest BCUT2D eigenvalue weighted by Crippen LogP contribution is -1.66. The summed E-state index contributed by atoms with van der Waals surface area (Å²) in [5.41, 5.74) is 0. The minimum atomic E-state index is -4.64.